The maximum atomic E-state index is 14.4. The maximum absolute atomic E-state index is 14.4. The molecule has 0 fully saturated rings. The zero-order valence-electron chi connectivity index (χ0n) is 17.8. The van der Waals surface area contributed by atoms with Crippen molar-refractivity contribution in [1.29, 1.82) is 0 Å². The zero-order valence-corrected chi connectivity index (χ0v) is 19.5. The van der Waals surface area contributed by atoms with Crippen LogP contribution in [0.1, 0.15) is 30.3 Å². The van der Waals surface area contributed by atoms with E-state index in [9.17, 15) is 17.2 Å². The summed E-state index contributed by atoms with van der Waals surface area (Å²) in [5, 5.41) is 0.925. The molecule has 0 unspecified atom stereocenters. The summed E-state index contributed by atoms with van der Waals surface area (Å²) in [6.45, 7) is 3.93. The van der Waals surface area contributed by atoms with Crippen LogP contribution >= 0.6 is 11.3 Å². The summed E-state index contributed by atoms with van der Waals surface area (Å²) in [6.07, 6.45) is 3.36. The highest BCUT2D eigenvalue weighted by molar-refractivity contribution is 7.85. The molecule has 6 nitrogen and oxygen atoms in total. The van der Waals surface area contributed by atoms with E-state index in [-0.39, 0.29) is 29.4 Å². The molecule has 1 heterocycles. The quantitative estimate of drug-likeness (QED) is 0.426. The third kappa shape index (κ3) is 7.33. The van der Waals surface area contributed by atoms with Gasteiger partial charge in [0, 0.05) is 12.1 Å². The lowest BCUT2D eigenvalue weighted by atomic mass is 10.2. The second-order valence-electron chi connectivity index (χ2n) is 6.99. The first kappa shape index (κ1) is 25.9. The molecule has 2 aromatic carbocycles. The fourth-order valence-corrected chi connectivity index (χ4v) is 4.06. The fraction of sp³-hybridized carbons (Fsp3) is 0.318. The fourth-order valence-electron chi connectivity index (χ4n) is 2.55. The predicted molar refractivity (Wildman–Crippen MR) is 123 cm³/mol. The zero-order chi connectivity index (χ0) is 23.7. The first-order valence-electron chi connectivity index (χ1n) is 9.92. The molecule has 1 aromatic heterocycles. The number of hydrogen-bond acceptors (Lipinski definition) is 6. The van der Waals surface area contributed by atoms with Gasteiger partial charge >= 0.3 is 0 Å². The van der Waals surface area contributed by atoms with Crippen LogP contribution in [-0.2, 0) is 16.5 Å². The number of aryl methyl sites for hydroxylation is 2. The van der Waals surface area contributed by atoms with Crippen molar-refractivity contribution in [2.24, 2.45) is 5.73 Å². The van der Waals surface area contributed by atoms with E-state index in [1.54, 1.807) is 18.2 Å². The highest BCUT2D eigenvalue weighted by atomic mass is 32.2. The van der Waals surface area contributed by atoms with E-state index < -0.39 is 15.9 Å². The van der Waals surface area contributed by atoms with E-state index in [1.807, 2.05) is 6.92 Å². The SMILES string of the molecule is CCCCc1nc2ccc(OC/C(=C\F)CN)c(F)c2s1.Cc1ccc(S(=O)(=O)O)cc1. The third-order valence-electron chi connectivity index (χ3n) is 4.40. The minimum atomic E-state index is -4.02. The first-order chi connectivity index (χ1) is 15.2. The van der Waals surface area contributed by atoms with Crippen LogP contribution in [-0.4, -0.2) is 31.1 Å². The van der Waals surface area contributed by atoms with Crippen molar-refractivity contribution in [3.05, 3.63) is 64.7 Å². The van der Waals surface area contributed by atoms with Gasteiger partial charge in [-0.1, -0.05) is 31.0 Å². The monoisotopic (exact) mass is 484 g/mol. The van der Waals surface area contributed by atoms with Gasteiger partial charge in [0.25, 0.3) is 10.1 Å². The van der Waals surface area contributed by atoms with Gasteiger partial charge in [-0.25, -0.2) is 13.8 Å². The summed E-state index contributed by atoms with van der Waals surface area (Å²) < 4.78 is 62.1. The van der Waals surface area contributed by atoms with Crippen molar-refractivity contribution in [2.45, 2.75) is 38.0 Å². The number of ether oxygens (including phenoxy) is 1. The van der Waals surface area contributed by atoms with Crippen LogP contribution < -0.4 is 10.5 Å². The highest BCUT2D eigenvalue weighted by Crippen LogP contribution is 2.31. The van der Waals surface area contributed by atoms with Gasteiger partial charge in [0.1, 0.15) is 6.61 Å². The van der Waals surface area contributed by atoms with Gasteiger partial charge in [-0.05, 0) is 44.0 Å². The lowest BCUT2D eigenvalue weighted by Gasteiger charge is -2.08. The smallest absolute Gasteiger partial charge is 0.294 e. The Hall–Kier alpha value is -2.40. The molecule has 3 N–H and O–H groups in total. The topological polar surface area (TPSA) is 103 Å². The summed E-state index contributed by atoms with van der Waals surface area (Å²) in [5.74, 6) is -0.344. The molecule has 0 atom stereocenters. The van der Waals surface area contributed by atoms with Crippen LogP contribution in [0.15, 0.2) is 53.2 Å². The average molecular weight is 485 g/mol. The van der Waals surface area contributed by atoms with Gasteiger partial charge < -0.3 is 10.5 Å². The normalized spacial score (nSPS) is 11.9. The summed E-state index contributed by atoms with van der Waals surface area (Å²) in [5.41, 5.74) is 7.21. The van der Waals surface area contributed by atoms with Crippen molar-refractivity contribution in [3.63, 3.8) is 0 Å². The van der Waals surface area contributed by atoms with Crippen molar-refractivity contribution < 1.29 is 26.5 Å². The number of rotatable bonds is 8. The van der Waals surface area contributed by atoms with Crippen LogP contribution in [0.4, 0.5) is 8.78 Å². The number of halogens is 2. The molecule has 3 rings (SSSR count). The summed E-state index contributed by atoms with van der Waals surface area (Å²) in [7, 11) is -4.02. The molecule has 0 saturated carbocycles. The van der Waals surface area contributed by atoms with Gasteiger partial charge in [-0.3, -0.25) is 4.55 Å². The van der Waals surface area contributed by atoms with E-state index >= 15 is 0 Å². The number of benzene rings is 2. The van der Waals surface area contributed by atoms with E-state index in [1.165, 1.54) is 29.5 Å². The number of thiazole rings is 1. The van der Waals surface area contributed by atoms with Gasteiger partial charge in [0.05, 0.1) is 26.4 Å². The van der Waals surface area contributed by atoms with E-state index in [0.717, 1.165) is 29.8 Å². The highest BCUT2D eigenvalue weighted by Gasteiger charge is 2.14. The Balaban J connectivity index is 0.000000278. The molecule has 0 radical (unpaired) electrons. The van der Waals surface area contributed by atoms with Crippen LogP contribution in [0.3, 0.4) is 0 Å². The lowest BCUT2D eigenvalue weighted by Crippen LogP contribution is -2.11. The Bertz CT molecular complexity index is 1160. The Morgan fingerprint density at radius 3 is 2.50 bits per heavy atom. The molecule has 3 aromatic rings. The standard InChI is InChI=1S/C15H18F2N2OS.C7H8O3S/c1-2-3-4-13-19-11-5-6-12(14(17)15(11)21-13)20-9-10(7-16)8-18;1-6-2-4-7(5-3-6)11(8,9)10/h5-7H,2-4,8-9,18H2,1H3;2-5H,1H3,(H,8,9,10)/b10-7-;. The lowest BCUT2D eigenvalue weighted by molar-refractivity contribution is 0.330. The van der Waals surface area contributed by atoms with Gasteiger partial charge in [-0.2, -0.15) is 8.42 Å². The molecule has 0 aliphatic heterocycles. The molecule has 0 aliphatic carbocycles. The minimum absolute atomic E-state index is 0.0437. The number of unbranched alkanes of at least 4 members (excludes halogenated alkanes) is 1. The van der Waals surface area contributed by atoms with E-state index in [2.05, 4.69) is 11.9 Å². The number of aromatic nitrogens is 1. The molecule has 32 heavy (non-hydrogen) atoms. The van der Waals surface area contributed by atoms with Crippen molar-refractivity contribution >= 4 is 31.7 Å². The van der Waals surface area contributed by atoms with Crippen molar-refractivity contribution in [3.8, 4) is 5.75 Å². The molecular formula is C22H26F2N2O4S2. The molecule has 0 saturated heterocycles. The summed E-state index contributed by atoms with van der Waals surface area (Å²) >= 11 is 1.34. The van der Waals surface area contributed by atoms with Crippen molar-refractivity contribution in [1.82, 2.24) is 4.98 Å². The number of fused-ring (bicyclic) bond motifs is 1. The molecule has 0 spiro atoms. The Labute approximate surface area is 190 Å². The second kappa shape index (κ2) is 12.0. The molecular weight excluding hydrogens is 458 g/mol. The Morgan fingerprint density at radius 2 is 1.94 bits per heavy atom. The van der Waals surface area contributed by atoms with E-state index in [4.69, 9.17) is 15.0 Å². The Morgan fingerprint density at radius 1 is 1.25 bits per heavy atom. The summed E-state index contributed by atoms with van der Waals surface area (Å²) in [4.78, 5) is 4.34. The van der Waals surface area contributed by atoms with Crippen LogP contribution in [0.5, 0.6) is 5.75 Å². The maximum Gasteiger partial charge on any atom is 0.294 e. The second-order valence-corrected chi connectivity index (χ2v) is 9.49. The first-order valence-corrected chi connectivity index (χ1v) is 12.2. The van der Waals surface area contributed by atoms with Crippen LogP contribution in [0.25, 0.3) is 10.2 Å². The summed E-state index contributed by atoms with van der Waals surface area (Å²) in [6, 6.07) is 9.23. The van der Waals surface area contributed by atoms with Gasteiger partial charge in [0.15, 0.2) is 11.6 Å². The largest absolute Gasteiger partial charge is 0.486 e. The molecule has 0 amide bonds. The predicted octanol–water partition coefficient (Wildman–Crippen LogP) is 5.21. The third-order valence-corrected chi connectivity index (χ3v) is 6.39. The minimum Gasteiger partial charge on any atom is -0.486 e. The molecule has 174 valence electrons. The van der Waals surface area contributed by atoms with Gasteiger partial charge in [0.2, 0.25) is 0 Å². The molecule has 0 bridgehead atoms. The number of nitrogens with two attached hydrogens (primary N) is 1. The average Bonchev–Trinajstić information content (AvgIpc) is 3.18. The van der Waals surface area contributed by atoms with Gasteiger partial charge in [-0.15, -0.1) is 11.3 Å². The molecule has 0 aliphatic rings. The number of nitrogens with zero attached hydrogens (tertiary/aromatic N) is 1. The van der Waals surface area contributed by atoms with E-state index in [0.29, 0.717) is 16.5 Å². The Kier molecular flexibility index (Phi) is 9.70. The number of hydrogen-bond donors (Lipinski definition) is 2. The molecule has 10 heteroatoms. The van der Waals surface area contributed by atoms with Crippen molar-refractivity contribution in [2.75, 3.05) is 13.2 Å². The van der Waals surface area contributed by atoms with Crippen LogP contribution in [0, 0.1) is 12.7 Å². The van der Waals surface area contributed by atoms with Crippen LogP contribution in [0.2, 0.25) is 0 Å².